The number of pyridine rings is 1. The lowest BCUT2D eigenvalue weighted by Gasteiger charge is -2.05. The first-order valence-corrected chi connectivity index (χ1v) is 5.63. The zero-order valence-electron chi connectivity index (χ0n) is 9.74. The summed E-state index contributed by atoms with van der Waals surface area (Å²) in [5.41, 5.74) is 2.20. The van der Waals surface area contributed by atoms with Gasteiger partial charge in [0.2, 0.25) is 0 Å². The SMILES string of the molecule is O=[N+]([O-])c1ccc(NCCc2ccncc2)cc1. The molecule has 0 saturated heterocycles. The van der Waals surface area contributed by atoms with Gasteiger partial charge in [-0.3, -0.25) is 15.1 Å². The minimum absolute atomic E-state index is 0.106. The predicted octanol–water partition coefficient (Wildman–Crippen LogP) is 2.64. The first-order chi connectivity index (χ1) is 8.75. The largest absolute Gasteiger partial charge is 0.385 e. The summed E-state index contributed by atoms with van der Waals surface area (Å²) in [5, 5.41) is 13.7. The number of nitrogens with zero attached hydrogens (tertiary/aromatic N) is 2. The molecule has 2 rings (SSSR count). The highest BCUT2D eigenvalue weighted by Crippen LogP contribution is 2.15. The summed E-state index contributed by atoms with van der Waals surface area (Å²) < 4.78 is 0. The summed E-state index contributed by atoms with van der Waals surface area (Å²) in [5.74, 6) is 0. The summed E-state index contributed by atoms with van der Waals surface area (Å²) in [6, 6.07) is 10.4. The van der Waals surface area contributed by atoms with Crippen molar-refractivity contribution in [2.24, 2.45) is 0 Å². The predicted molar refractivity (Wildman–Crippen MR) is 69.5 cm³/mol. The van der Waals surface area contributed by atoms with Gasteiger partial charge in [0.1, 0.15) is 0 Å². The van der Waals surface area contributed by atoms with E-state index in [2.05, 4.69) is 10.3 Å². The topological polar surface area (TPSA) is 68.1 Å². The fourth-order valence-electron chi connectivity index (χ4n) is 1.60. The first kappa shape index (κ1) is 12.0. The van der Waals surface area contributed by atoms with E-state index in [1.807, 2.05) is 12.1 Å². The van der Waals surface area contributed by atoms with Crippen LogP contribution in [0.2, 0.25) is 0 Å². The number of hydrogen-bond donors (Lipinski definition) is 1. The molecule has 0 aliphatic heterocycles. The van der Waals surface area contributed by atoms with Gasteiger partial charge < -0.3 is 5.32 Å². The number of hydrogen-bond acceptors (Lipinski definition) is 4. The molecule has 5 heteroatoms. The van der Waals surface area contributed by atoms with Crippen LogP contribution in [0.3, 0.4) is 0 Å². The van der Waals surface area contributed by atoms with Crippen molar-refractivity contribution >= 4 is 11.4 Å². The van der Waals surface area contributed by atoms with E-state index < -0.39 is 4.92 Å². The molecule has 92 valence electrons. The van der Waals surface area contributed by atoms with Crippen molar-refractivity contribution in [3.05, 3.63) is 64.5 Å². The van der Waals surface area contributed by atoms with Gasteiger partial charge in [0, 0.05) is 36.8 Å². The minimum atomic E-state index is -0.402. The monoisotopic (exact) mass is 243 g/mol. The molecule has 18 heavy (non-hydrogen) atoms. The Morgan fingerprint density at radius 2 is 1.78 bits per heavy atom. The molecule has 1 N–H and O–H groups in total. The number of rotatable bonds is 5. The molecule has 0 spiro atoms. The van der Waals surface area contributed by atoms with Crippen molar-refractivity contribution in [1.29, 1.82) is 0 Å². The lowest BCUT2D eigenvalue weighted by molar-refractivity contribution is -0.384. The van der Waals surface area contributed by atoms with E-state index in [0.29, 0.717) is 0 Å². The molecule has 0 fully saturated rings. The number of benzene rings is 1. The highest BCUT2D eigenvalue weighted by atomic mass is 16.6. The zero-order valence-corrected chi connectivity index (χ0v) is 9.74. The zero-order chi connectivity index (χ0) is 12.8. The second-order valence-corrected chi connectivity index (χ2v) is 3.84. The van der Waals surface area contributed by atoms with Crippen LogP contribution in [0.15, 0.2) is 48.8 Å². The van der Waals surface area contributed by atoms with E-state index in [-0.39, 0.29) is 5.69 Å². The van der Waals surface area contributed by atoms with Crippen LogP contribution in [0.5, 0.6) is 0 Å². The van der Waals surface area contributed by atoms with Crippen molar-refractivity contribution in [3.8, 4) is 0 Å². The molecule has 0 atom stereocenters. The van der Waals surface area contributed by atoms with Crippen LogP contribution in [0.25, 0.3) is 0 Å². The summed E-state index contributed by atoms with van der Waals surface area (Å²) in [6.45, 7) is 0.780. The van der Waals surface area contributed by atoms with Gasteiger partial charge >= 0.3 is 0 Å². The van der Waals surface area contributed by atoms with Crippen molar-refractivity contribution in [2.45, 2.75) is 6.42 Å². The molecular weight excluding hydrogens is 230 g/mol. The Kier molecular flexibility index (Phi) is 3.86. The van der Waals surface area contributed by atoms with E-state index in [4.69, 9.17) is 0 Å². The highest BCUT2D eigenvalue weighted by molar-refractivity contribution is 5.48. The summed E-state index contributed by atoms with van der Waals surface area (Å²) in [6.07, 6.45) is 4.42. The maximum Gasteiger partial charge on any atom is 0.269 e. The van der Waals surface area contributed by atoms with Crippen LogP contribution >= 0.6 is 0 Å². The normalized spacial score (nSPS) is 10.0. The quantitative estimate of drug-likeness (QED) is 0.647. The third-order valence-electron chi connectivity index (χ3n) is 2.57. The average Bonchev–Trinajstić information content (AvgIpc) is 2.40. The molecule has 0 unspecified atom stereocenters. The molecule has 0 aliphatic carbocycles. The number of nitro groups is 1. The molecule has 1 heterocycles. The standard InChI is InChI=1S/C13H13N3O2/c17-16(18)13-3-1-12(2-4-13)15-10-7-11-5-8-14-9-6-11/h1-6,8-9,15H,7,10H2. The number of nitro benzene ring substituents is 1. The van der Waals surface area contributed by atoms with E-state index in [1.165, 1.54) is 17.7 Å². The molecule has 0 aliphatic rings. The van der Waals surface area contributed by atoms with Gasteiger partial charge in [-0.15, -0.1) is 0 Å². The first-order valence-electron chi connectivity index (χ1n) is 5.63. The molecular formula is C13H13N3O2. The molecule has 1 aromatic carbocycles. The van der Waals surface area contributed by atoms with Crippen LogP contribution < -0.4 is 5.32 Å². The average molecular weight is 243 g/mol. The Morgan fingerprint density at radius 1 is 1.11 bits per heavy atom. The number of non-ortho nitro benzene ring substituents is 1. The maximum absolute atomic E-state index is 10.5. The van der Waals surface area contributed by atoms with Crippen molar-refractivity contribution in [2.75, 3.05) is 11.9 Å². The van der Waals surface area contributed by atoms with E-state index in [9.17, 15) is 10.1 Å². The van der Waals surface area contributed by atoms with E-state index in [1.54, 1.807) is 24.5 Å². The van der Waals surface area contributed by atoms with Gasteiger partial charge in [-0.2, -0.15) is 0 Å². The number of aromatic nitrogens is 1. The molecule has 5 nitrogen and oxygen atoms in total. The third-order valence-corrected chi connectivity index (χ3v) is 2.57. The van der Waals surface area contributed by atoms with Crippen LogP contribution in [-0.4, -0.2) is 16.5 Å². The van der Waals surface area contributed by atoms with Gasteiger partial charge in [0.05, 0.1) is 4.92 Å². The van der Waals surface area contributed by atoms with E-state index >= 15 is 0 Å². The fourth-order valence-corrected chi connectivity index (χ4v) is 1.60. The van der Waals surface area contributed by atoms with E-state index in [0.717, 1.165) is 18.7 Å². The Labute approximate surface area is 105 Å². The van der Waals surface area contributed by atoms with Crippen molar-refractivity contribution in [3.63, 3.8) is 0 Å². The smallest absolute Gasteiger partial charge is 0.269 e. The highest BCUT2D eigenvalue weighted by Gasteiger charge is 2.03. The summed E-state index contributed by atoms with van der Waals surface area (Å²) >= 11 is 0. The third kappa shape index (κ3) is 3.28. The Hall–Kier alpha value is -2.43. The van der Waals surface area contributed by atoms with Crippen LogP contribution in [0, 0.1) is 10.1 Å². The molecule has 0 radical (unpaired) electrons. The van der Waals surface area contributed by atoms with Crippen molar-refractivity contribution in [1.82, 2.24) is 4.98 Å². The second-order valence-electron chi connectivity index (χ2n) is 3.84. The minimum Gasteiger partial charge on any atom is -0.385 e. The fraction of sp³-hybridized carbons (Fsp3) is 0.154. The summed E-state index contributed by atoms with van der Waals surface area (Å²) in [7, 11) is 0. The Balaban J connectivity index is 1.85. The summed E-state index contributed by atoms with van der Waals surface area (Å²) in [4.78, 5) is 14.0. The molecule has 0 bridgehead atoms. The van der Waals surface area contributed by atoms with Crippen LogP contribution in [0.1, 0.15) is 5.56 Å². The lowest BCUT2D eigenvalue weighted by Crippen LogP contribution is -2.04. The molecule has 0 saturated carbocycles. The molecule has 1 aromatic heterocycles. The molecule has 2 aromatic rings. The molecule has 0 amide bonds. The van der Waals surface area contributed by atoms with Gasteiger partial charge in [0.15, 0.2) is 0 Å². The van der Waals surface area contributed by atoms with Gasteiger partial charge in [-0.05, 0) is 36.2 Å². The van der Waals surface area contributed by atoms with Gasteiger partial charge in [-0.25, -0.2) is 0 Å². The van der Waals surface area contributed by atoms with Gasteiger partial charge in [0.25, 0.3) is 5.69 Å². The second kappa shape index (κ2) is 5.77. The van der Waals surface area contributed by atoms with Crippen LogP contribution in [-0.2, 0) is 6.42 Å². The number of anilines is 1. The van der Waals surface area contributed by atoms with Crippen molar-refractivity contribution < 1.29 is 4.92 Å². The Morgan fingerprint density at radius 3 is 2.39 bits per heavy atom. The van der Waals surface area contributed by atoms with Gasteiger partial charge in [-0.1, -0.05) is 0 Å². The number of nitrogens with one attached hydrogen (secondary N) is 1. The maximum atomic E-state index is 10.5. The Bertz CT molecular complexity index is 512. The lowest BCUT2D eigenvalue weighted by atomic mass is 10.2. The van der Waals surface area contributed by atoms with Crippen LogP contribution in [0.4, 0.5) is 11.4 Å².